The standard InChI is InChI=1S/C23H18F5N9O3/c1-38-20-13(8-31-21(35-20)39-2)14-3-18(34-17(5-29)33-14)36-9-16(22(24,25)10-36)40-19-4-15-12(6-30-19)7-32-37(15)11-23(26,27)28/h3-4,6-8,16H,9-11H2,1-2H3/t16-/m0/s1. The number of halogens is 5. The van der Waals surface area contributed by atoms with Crippen molar-refractivity contribution in [2.75, 3.05) is 32.2 Å². The van der Waals surface area contributed by atoms with Gasteiger partial charge in [0.15, 0.2) is 6.10 Å². The van der Waals surface area contributed by atoms with Crippen molar-refractivity contribution >= 4 is 16.7 Å². The smallest absolute Gasteiger partial charge is 0.408 e. The third-order valence-corrected chi connectivity index (χ3v) is 5.87. The molecule has 1 fully saturated rings. The predicted molar refractivity (Wildman–Crippen MR) is 126 cm³/mol. The van der Waals surface area contributed by atoms with Crippen LogP contribution in [0, 0.1) is 11.3 Å². The molecule has 0 unspecified atom stereocenters. The molecule has 5 heterocycles. The first-order chi connectivity index (χ1) is 19.0. The minimum absolute atomic E-state index is 0.00291. The Hall–Kier alpha value is -4.88. The lowest BCUT2D eigenvalue weighted by Crippen LogP contribution is -2.36. The Kier molecular flexibility index (Phi) is 6.69. The topological polar surface area (TPSA) is 137 Å². The van der Waals surface area contributed by atoms with Gasteiger partial charge in [0.25, 0.3) is 0 Å². The first kappa shape index (κ1) is 26.7. The Morgan fingerprint density at radius 3 is 2.58 bits per heavy atom. The lowest BCUT2D eigenvalue weighted by atomic mass is 10.2. The van der Waals surface area contributed by atoms with Gasteiger partial charge in [-0.15, -0.1) is 0 Å². The maximum absolute atomic E-state index is 15.1. The van der Waals surface area contributed by atoms with Gasteiger partial charge in [-0.3, -0.25) is 4.68 Å². The number of anilines is 1. The Morgan fingerprint density at radius 1 is 1.07 bits per heavy atom. The molecular weight excluding hydrogens is 545 g/mol. The van der Waals surface area contributed by atoms with Crippen LogP contribution < -0.4 is 19.1 Å². The highest BCUT2D eigenvalue weighted by atomic mass is 19.4. The highest BCUT2D eigenvalue weighted by Crippen LogP contribution is 2.36. The van der Waals surface area contributed by atoms with Gasteiger partial charge < -0.3 is 19.1 Å². The molecule has 208 valence electrons. The Morgan fingerprint density at radius 2 is 1.88 bits per heavy atom. The SMILES string of the molecule is COc1ncc(-c2cc(N3C[C@H](Oc4cc5c(cn4)cnn5CC(F)(F)F)C(F)(F)C3)nc(C#N)n2)c(OC)n1. The number of methoxy groups -OCH3 is 2. The zero-order chi connectivity index (χ0) is 28.7. The molecule has 0 aliphatic carbocycles. The van der Waals surface area contributed by atoms with E-state index in [1.54, 1.807) is 6.07 Å². The van der Waals surface area contributed by atoms with Crippen LogP contribution in [0.5, 0.6) is 17.8 Å². The first-order valence-corrected chi connectivity index (χ1v) is 11.4. The van der Waals surface area contributed by atoms with Crippen LogP contribution in [0.1, 0.15) is 5.82 Å². The van der Waals surface area contributed by atoms with E-state index in [1.165, 1.54) is 43.8 Å². The molecule has 0 saturated carbocycles. The summed E-state index contributed by atoms with van der Waals surface area (Å²) in [6, 6.07) is 4.31. The minimum atomic E-state index is -4.54. The van der Waals surface area contributed by atoms with Gasteiger partial charge in [0.1, 0.15) is 18.4 Å². The van der Waals surface area contributed by atoms with Gasteiger partial charge in [-0.2, -0.15) is 28.5 Å². The number of rotatable bonds is 7. The van der Waals surface area contributed by atoms with Gasteiger partial charge in [0, 0.05) is 29.9 Å². The van der Waals surface area contributed by atoms with E-state index in [9.17, 15) is 18.4 Å². The predicted octanol–water partition coefficient (Wildman–Crippen LogP) is 3.03. The highest BCUT2D eigenvalue weighted by Gasteiger charge is 2.51. The molecule has 1 atom stereocenters. The molecule has 0 aromatic carbocycles. The van der Waals surface area contributed by atoms with Crippen molar-refractivity contribution in [1.82, 2.24) is 34.7 Å². The number of hydrogen-bond donors (Lipinski definition) is 0. The van der Waals surface area contributed by atoms with E-state index in [0.717, 1.165) is 6.07 Å². The van der Waals surface area contributed by atoms with Crippen LogP contribution in [0.4, 0.5) is 27.8 Å². The second-order valence-corrected chi connectivity index (χ2v) is 8.57. The number of fused-ring (bicyclic) bond motifs is 1. The van der Waals surface area contributed by atoms with E-state index in [0.29, 0.717) is 4.68 Å². The van der Waals surface area contributed by atoms with Crippen LogP contribution in [-0.2, 0) is 6.54 Å². The summed E-state index contributed by atoms with van der Waals surface area (Å²) in [6.07, 6.45) is -2.56. The van der Waals surface area contributed by atoms with Crippen molar-refractivity contribution in [2.24, 2.45) is 0 Å². The van der Waals surface area contributed by atoms with Crippen LogP contribution in [0.3, 0.4) is 0 Å². The fraction of sp³-hybridized carbons (Fsp3) is 0.348. The molecule has 1 aliphatic rings. The molecule has 0 amide bonds. The van der Waals surface area contributed by atoms with Gasteiger partial charge in [0.05, 0.1) is 50.3 Å². The van der Waals surface area contributed by atoms with Crippen LogP contribution in [0.2, 0.25) is 0 Å². The lowest BCUT2D eigenvalue weighted by Gasteiger charge is -2.18. The molecule has 4 aromatic rings. The van der Waals surface area contributed by atoms with Gasteiger partial charge in [-0.05, 0) is 0 Å². The Balaban J connectivity index is 1.43. The van der Waals surface area contributed by atoms with Crippen molar-refractivity contribution in [3.63, 3.8) is 0 Å². The quantitative estimate of drug-likeness (QED) is 0.307. The average molecular weight is 563 g/mol. The van der Waals surface area contributed by atoms with Crippen molar-refractivity contribution in [2.45, 2.75) is 24.7 Å². The number of hydrogen-bond acceptors (Lipinski definition) is 11. The van der Waals surface area contributed by atoms with Crippen molar-refractivity contribution < 1.29 is 36.2 Å². The number of nitrogens with zero attached hydrogens (tertiary/aromatic N) is 9. The molecule has 0 bridgehead atoms. The molecule has 17 heteroatoms. The van der Waals surface area contributed by atoms with Gasteiger partial charge >= 0.3 is 18.1 Å². The van der Waals surface area contributed by atoms with E-state index < -0.39 is 31.3 Å². The second kappa shape index (κ2) is 10.0. The third-order valence-electron chi connectivity index (χ3n) is 5.87. The molecule has 4 aromatic heterocycles. The monoisotopic (exact) mass is 563 g/mol. The third kappa shape index (κ3) is 5.32. The number of ether oxygens (including phenoxy) is 3. The summed E-state index contributed by atoms with van der Waals surface area (Å²) in [5, 5.41) is 13.4. The summed E-state index contributed by atoms with van der Waals surface area (Å²) in [6.45, 7) is -2.58. The van der Waals surface area contributed by atoms with Crippen LogP contribution in [0.25, 0.3) is 22.2 Å². The molecule has 12 nitrogen and oxygen atoms in total. The minimum Gasteiger partial charge on any atom is -0.480 e. The number of pyridine rings is 1. The summed E-state index contributed by atoms with van der Waals surface area (Å²) < 4.78 is 85.2. The van der Waals surface area contributed by atoms with Crippen LogP contribution in [0.15, 0.2) is 30.7 Å². The molecule has 0 spiro atoms. The van der Waals surface area contributed by atoms with E-state index in [4.69, 9.17) is 14.2 Å². The van der Waals surface area contributed by atoms with E-state index >= 15 is 8.78 Å². The maximum Gasteiger partial charge on any atom is 0.408 e. The summed E-state index contributed by atoms with van der Waals surface area (Å²) in [7, 11) is 2.71. The average Bonchev–Trinajstić information content (AvgIpc) is 3.45. The molecular formula is C23H18F5N9O3. The van der Waals surface area contributed by atoms with Crippen molar-refractivity contribution in [3.8, 4) is 35.1 Å². The molecule has 5 rings (SSSR count). The Bertz CT molecular complexity index is 1610. The zero-order valence-corrected chi connectivity index (χ0v) is 20.7. The fourth-order valence-corrected chi connectivity index (χ4v) is 4.08. The molecule has 1 aliphatic heterocycles. The lowest BCUT2D eigenvalue weighted by molar-refractivity contribution is -0.141. The number of nitriles is 1. The molecule has 1 saturated heterocycles. The van der Waals surface area contributed by atoms with Crippen LogP contribution in [-0.4, -0.2) is 80.2 Å². The largest absolute Gasteiger partial charge is 0.480 e. The Labute approximate surface area is 222 Å². The molecule has 40 heavy (non-hydrogen) atoms. The van der Waals surface area contributed by atoms with E-state index in [1.807, 2.05) is 0 Å². The van der Waals surface area contributed by atoms with Gasteiger partial charge in [0.2, 0.25) is 17.6 Å². The summed E-state index contributed by atoms with van der Waals surface area (Å²) in [5.41, 5.74) is 0.421. The second-order valence-electron chi connectivity index (χ2n) is 8.57. The van der Waals surface area contributed by atoms with E-state index in [-0.39, 0.29) is 58.1 Å². The number of alkyl halides is 5. The first-order valence-electron chi connectivity index (χ1n) is 11.4. The maximum atomic E-state index is 15.1. The fourth-order valence-electron chi connectivity index (χ4n) is 4.08. The van der Waals surface area contributed by atoms with E-state index in [2.05, 4.69) is 30.0 Å². The van der Waals surface area contributed by atoms with Gasteiger partial charge in [-0.1, -0.05) is 0 Å². The normalized spacial score (nSPS) is 16.6. The summed E-state index contributed by atoms with van der Waals surface area (Å²) >= 11 is 0. The highest BCUT2D eigenvalue weighted by molar-refractivity contribution is 5.78. The molecule has 0 N–H and O–H groups in total. The summed E-state index contributed by atoms with van der Waals surface area (Å²) in [4.78, 5) is 21.4. The van der Waals surface area contributed by atoms with Gasteiger partial charge in [-0.25, -0.2) is 28.7 Å². The summed E-state index contributed by atoms with van der Waals surface area (Å²) in [5.74, 6) is -3.95. The van der Waals surface area contributed by atoms with Crippen molar-refractivity contribution in [1.29, 1.82) is 5.26 Å². The number of aromatic nitrogens is 7. The zero-order valence-electron chi connectivity index (χ0n) is 20.7. The van der Waals surface area contributed by atoms with Crippen molar-refractivity contribution in [3.05, 3.63) is 36.5 Å². The molecule has 0 radical (unpaired) electrons. The van der Waals surface area contributed by atoms with Crippen LogP contribution >= 0.6 is 0 Å².